The lowest BCUT2D eigenvalue weighted by atomic mass is 10.1. The van der Waals surface area contributed by atoms with E-state index in [1.54, 1.807) is 0 Å². The lowest BCUT2D eigenvalue weighted by Crippen LogP contribution is -2.36. The van der Waals surface area contributed by atoms with E-state index in [4.69, 9.17) is 5.11 Å². The van der Waals surface area contributed by atoms with Crippen LogP contribution in [0.2, 0.25) is 0 Å². The molecule has 0 radical (unpaired) electrons. The van der Waals surface area contributed by atoms with Gasteiger partial charge >= 0.3 is 12.0 Å². The maximum absolute atomic E-state index is 12.0. The molecule has 0 aliphatic heterocycles. The maximum atomic E-state index is 12.0. The SMILES string of the molecule is O=C(Nc1ccc2c(c1)CCC2)NC1CCC(C(=O)O)C1. The first-order valence-electron chi connectivity index (χ1n) is 7.54. The van der Waals surface area contributed by atoms with Crippen LogP contribution in [0.3, 0.4) is 0 Å². The lowest BCUT2D eigenvalue weighted by molar-refractivity contribution is -0.141. The molecule has 1 aromatic carbocycles. The molecule has 0 aromatic heterocycles. The summed E-state index contributed by atoms with van der Waals surface area (Å²) in [6, 6.07) is 5.76. The average molecular weight is 288 g/mol. The lowest BCUT2D eigenvalue weighted by Gasteiger charge is -2.14. The van der Waals surface area contributed by atoms with Gasteiger partial charge in [-0.1, -0.05) is 6.07 Å². The van der Waals surface area contributed by atoms with E-state index in [-0.39, 0.29) is 18.0 Å². The highest BCUT2D eigenvalue weighted by atomic mass is 16.4. The monoisotopic (exact) mass is 288 g/mol. The Balaban J connectivity index is 1.54. The molecule has 112 valence electrons. The number of carbonyl (C=O) groups excluding carboxylic acids is 1. The second-order valence-corrected chi connectivity index (χ2v) is 5.98. The number of anilines is 1. The minimum absolute atomic E-state index is 0.0412. The molecule has 0 bridgehead atoms. The second-order valence-electron chi connectivity index (χ2n) is 5.98. The highest BCUT2D eigenvalue weighted by molar-refractivity contribution is 5.89. The van der Waals surface area contributed by atoms with Gasteiger partial charge in [0.15, 0.2) is 0 Å². The fraction of sp³-hybridized carbons (Fsp3) is 0.500. The Morgan fingerprint density at radius 1 is 1.14 bits per heavy atom. The Bertz CT molecular complexity index is 571. The van der Waals surface area contributed by atoms with Gasteiger partial charge in [0, 0.05) is 11.7 Å². The van der Waals surface area contributed by atoms with Crippen molar-refractivity contribution in [2.75, 3.05) is 5.32 Å². The molecule has 21 heavy (non-hydrogen) atoms. The summed E-state index contributed by atoms with van der Waals surface area (Å²) in [7, 11) is 0. The predicted octanol–water partition coefficient (Wildman–Crippen LogP) is 2.55. The van der Waals surface area contributed by atoms with Crippen LogP contribution < -0.4 is 10.6 Å². The Hall–Kier alpha value is -2.04. The third kappa shape index (κ3) is 3.17. The Kier molecular flexibility index (Phi) is 3.82. The summed E-state index contributed by atoms with van der Waals surface area (Å²) in [5.41, 5.74) is 3.50. The average Bonchev–Trinajstić information content (AvgIpc) is 3.06. The number of urea groups is 1. The summed E-state index contributed by atoms with van der Waals surface area (Å²) in [6.07, 6.45) is 5.28. The van der Waals surface area contributed by atoms with Crippen LogP contribution >= 0.6 is 0 Å². The van der Waals surface area contributed by atoms with Crippen LogP contribution in [0.1, 0.15) is 36.8 Å². The number of hydrogen-bond acceptors (Lipinski definition) is 2. The summed E-state index contributed by atoms with van der Waals surface area (Å²) < 4.78 is 0. The van der Waals surface area contributed by atoms with Crippen LogP contribution in [0, 0.1) is 5.92 Å². The van der Waals surface area contributed by atoms with Gasteiger partial charge in [0.2, 0.25) is 0 Å². The molecule has 5 nitrogen and oxygen atoms in total. The number of rotatable bonds is 3. The van der Waals surface area contributed by atoms with E-state index in [0.717, 1.165) is 24.9 Å². The largest absolute Gasteiger partial charge is 0.481 e. The van der Waals surface area contributed by atoms with Crippen LogP contribution in [0.15, 0.2) is 18.2 Å². The zero-order valence-corrected chi connectivity index (χ0v) is 11.9. The summed E-state index contributed by atoms with van der Waals surface area (Å²) >= 11 is 0. The molecule has 0 heterocycles. The quantitative estimate of drug-likeness (QED) is 0.799. The van der Waals surface area contributed by atoms with Crippen molar-refractivity contribution in [3.05, 3.63) is 29.3 Å². The first-order chi connectivity index (χ1) is 10.1. The molecule has 0 saturated heterocycles. The van der Waals surface area contributed by atoms with Crippen molar-refractivity contribution >= 4 is 17.7 Å². The van der Waals surface area contributed by atoms with Crippen molar-refractivity contribution in [2.24, 2.45) is 5.92 Å². The predicted molar refractivity (Wildman–Crippen MR) is 79.4 cm³/mol. The standard InChI is InChI=1S/C16H20N2O3/c19-15(20)12-5-7-14(9-12)18-16(21)17-13-6-4-10-2-1-3-11(10)8-13/h4,6,8,12,14H,1-3,5,7,9H2,(H,19,20)(H2,17,18,21). The number of amides is 2. The van der Waals surface area contributed by atoms with Crippen LogP contribution in [-0.2, 0) is 17.6 Å². The number of nitrogens with one attached hydrogen (secondary N) is 2. The first kappa shape index (κ1) is 13.9. The molecule has 1 fully saturated rings. The van der Waals surface area contributed by atoms with Crippen molar-refractivity contribution in [3.8, 4) is 0 Å². The number of aliphatic carboxylic acids is 1. The van der Waals surface area contributed by atoms with E-state index >= 15 is 0 Å². The topological polar surface area (TPSA) is 78.4 Å². The van der Waals surface area contributed by atoms with Crippen LogP contribution in [-0.4, -0.2) is 23.1 Å². The van der Waals surface area contributed by atoms with Crippen molar-refractivity contribution < 1.29 is 14.7 Å². The van der Waals surface area contributed by atoms with Gasteiger partial charge in [-0.3, -0.25) is 4.79 Å². The number of aryl methyl sites for hydroxylation is 2. The molecule has 1 aromatic rings. The van der Waals surface area contributed by atoms with Gasteiger partial charge in [0.1, 0.15) is 0 Å². The highest BCUT2D eigenvalue weighted by Gasteiger charge is 2.30. The van der Waals surface area contributed by atoms with Crippen molar-refractivity contribution in [3.63, 3.8) is 0 Å². The summed E-state index contributed by atoms with van der Waals surface area (Å²) in [5, 5.41) is 14.7. The molecule has 5 heteroatoms. The normalized spacial score (nSPS) is 23.6. The van der Waals surface area contributed by atoms with E-state index in [0.29, 0.717) is 12.8 Å². The number of fused-ring (bicyclic) bond motifs is 1. The number of carboxylic acid groups (broad SMARTS) is 1. The molecular weight excluding hydrogens is 268 g/mol. The maximum Gasteiger partial charge on any atom is 0.319 e. The van der Waals surface area contributed by atoms with Crippen molar-refractivity contribution in [1.82, 2.24) is 5.32 Å². The Morgan fingerprint density at radius 3 is 2.71 bits per heavy atom. The van der Waals surface area contributed by atoms with E-state index in [9.17, 15) is 9.59 Å². The number of carboxylic acids is 1. The van der Waals surface area contributed by atoms with E-state index in [1.165, 1.54) is 17.5 Å². The van der Waals surface area contributed by atoms with Gasteiger partial charge in [0.25, 0.3) is 0 Å². The number of hydrogen-bond donors (Lipinski definition) is 3. The van der Waals surface area contributed by atoms with Crippen LogP contribution in [0.25, 0.3) is 0 Å². The Morgan fingerprint density at radius 2 is 1.95 bits per heavy atom. The van der Waals surface area contributed by atoms with Gasteiger partial charge in [-0.2, -0.15) is 0 Å². The third-order valence-corrected chi connectivity index (χ3v) is 4.47. The van der Waals surface area contributed by atoms with Gasteiger partial charge in [-0.25, -0.2) is 4.79 Å². The fourth-order valence-corrected chi connectivity index (χ4v) is 3.34. The molecule has 3 rings (SSSR count). The number of carbonyl (C=O) groups is 2. The molecule has 2 amide bonds. The van der Waals surface area contributed by atoms with Gasteiger partial charge < -0.3 is 15.7 Å². The van der Waals surface area contributed by atoms with Crippen molar-refractivity contribution in [1.29, 1.82) is 0 Å². The third-order valence-electron chi connectivity index (χ3n) is 4.47. The smallest absolute Gasteiger partial charge is 0.319 e. The van der Waals surface area contributed by atoms with Gasteiger partial charge in [0.05, 0.1) is 5.92 Å². The van der Waals surface area contributed by atoms with Gasteiger partial charge in [-0.15, -0.1) is 0 Å². The Labute approximate surface area is 123 Å². The highest BCUT2D eigenvalue weighted by Crippen LogP contribution is 2.26. The molecule has 2 aliphatic carbocycles. The molecule has 2 atom stereocenters. The van der Waals surface area contributed by atoms with Gasteiger partial charge in [-0.05, 0) is 61.8 Å². The fourth-order valence-electron chi connectivity index (χ4n) is 3.34. The molecule has 0 spiro atoms. The zero-order chi connectivity index (χ0) is 14.8. The zero-order valence-electron chi connectivity index (χ0n) is 11.9. The summed E-state index contributed by atoms with van der Waals surface area (Å²) in [5.74, 6) is -1.09. The second kappa shape index (κ2) is 5.76. The molecular formula is C16H20N2O3. The summed E-state index contributed by atoms with van der Waals surface area (Å²) in [6.45, 7) is 0. The molecule has 3 N–H and O–H groups in total. The minimum Gasteiger partial charge on any atom is -0.481 e. The van der Waals surface area contributed by atoms with Crippen LogP contribution in [0.4, 0.5) is 10.5 Å². The molecule has 2 aliphatic rings. The van der Waals surface area contributed by atoms with E-state index < -0.39 is 5.97 Å². The molecule has 2 unspecified atom stereocenters. The molecule has 1 saturated carbocycles. The van der Waals surface area contributed by atoms with E-state index in [1.807, 2.05) is 12.1 Å². The number of benzene rings is 1. The first-order valence-corrected chi connectivity index (χ1v) is 7.54. The minimum atomic E-state index is -0.765. The van der Waals surface area contributed by atoms with E-state index in [2.05, 4.69) is 16.7 Å². The van der Waals surface area contributed by atoms with Crippen molar-refractivity contribution in [2.45, 2.75) is 44.6 Å². The summed E-state index contributed by atoms with van der Waals surface area (Å²) in [4.78, 5) is 22.9. The van der Waals surface area contributed by atoms with Crippen LogP contribution in [0.5, 0.6) is 0 Å².